The number of benzene rings is 3. The minimum absolute atomic E-state index is 0.0487. The second kappa shape index (κ2) is 9.17. The summed E-state index contributed by atoms with van der Waals surface area (Å²) in [6, 6.07) is 19.8. The van der Waals surface area contributed by atoms with Crippen LogP contribution in [0.25, 0.3) is 10.8 Å². The molecule has 5 heteroatoms. The predicted molar refractivity (Wildman–Crippen MR) is 126 cm³/mol. The third-order valence-electron chi connectivity index (χ3n) is 6.64. The topological polar surface area (TPSA) is 52.9 Å². The minimum Gasteiger partial charge on any atom is -0.495 e. The highest BCUT2D eigenvalue weighted by Gasteiger charge is 2.35. The number of methoxy groups -OCH3 is 1. The molecule has 1 aliphatic heterocycles. The summed E-state index contributed by atoms with van der Waals surface area (Å²) in [5.41, 5.74) is 1.35. The van der Waals surface area contributed by atoms with E-state index in [2.05, 4.69) is 24.0 Å². The number of rotatable bonds is 6. The molecule has 0 aromatic heterocycles. The summed E-state index contributed by atoms with van der Waals surface area (Å²) < 4.78 is 5.29. The largest absolute Gasteiger partial charge is 0.495 e. The van der Waals surface area contributed by atoms with E-state index in [1.54, 1.807) is 7.11 Å². The Labute approximate surface area is 189 Å². The van der Waals surface area contributed by atoms with E-state index in [4.69, 9.17) is 16.3 Å². The van der Waals surface area contributed by atoms with E-state index >= 15 is 0 Å². The van der Waals surface area contributed by atoms with Gasteiger partial charge < -0.3 is 14.9 Å². The molecule has 0 radical (unpaired) electrons. The zero-order valence-corrected chi connectivity index (χ0v) is 18.8. The van der Waals surface area contributed by atoms with E-state index in [9.17, 15) is 10.2 Å². The smallest absolute Gasteiger partial charge is 0.138 e. The van der Waals surface area contributed by atoms with Crippen LogP contribution in [0, 0.1) is 0 Å². The molecular weight excluding hydrogens is 410 g/mol. The standard InChI is InChI=1S/C26H30ClNO3/c1-18(28-14-12-26(30,13-15-28)17-19-6-4-3-5-7-19)25(29)21-8-10-22-20(16-21)9-11-23(31-2)24(22)27/h3-11,16,18,25,29-30H,12-15,17H2,1-2H3/t18-,25+/m1/s1. The van der Waals surface area contributed by atoms with Crippen molar-refractivity contribution in [3.05, 3.63) is 76.8 Å². The average molecular weight is 440 g/mol. The SMILES string of the molecule is COc1ccc2cc([C@@H](O)[C@@H](C)N3CCC(O)(Cc4ccccc4)CC3)ccc2c1Cl. The van der Waals surface area contributed by atoms with Gasteiger partial charge in [0.2, 0.25) is 0 Å². The van der Waals surface area contributed by atoms with Crippen molar-refractivity contribution in [3.63, 3.8) is 0 Å². The first-order valence-electron chi connectivity index (χ1n) is 10.8. The number of aliphatic hydroxyl groups excluding tert-OH is 1. The van der Waals surface area contributed by atoms with Crippen molar-refractivity contribution in [2.24, 2.45) is 0 Å². The van der Waals surface area contributed by atoms with Crippen LogP contribution in [0.5, 0.6) is 5.75 Å². The molecule has 31 heavy (non-hydrogen) atoms. The quantitative estimate of drug-likeness (QED) is 0.568. The Morgan fingerprint density at radius 3 is 2.45 bits per heavy atom. The maximum atomic E-state index is 11.1. The molecule has 1 fully saturated rings. The van der Waals surface area contributed by atoms with E-state index in [0.717, 1.165) is 35.0 Å². The van der Waals surface area contributed by atoms with Crippen molar-refractivity contribution in [2.45, 2.75) is 43.9 Å². The van der Waals surface area contributed by atoms with Gasteiger partial charge in [-0.3, -0.25) is 4.90 Å². The molecular formula is C26H30ClNO3. The number of ether oxygens (including phenoxy) is 1. The lowest BCUT2D eigenvalue weighted by atomic mass is 9.84. The second-order valence-corrected chi connectivity index (χ2v) is 9.05. The van der Waals surface area contributed by atoms with E-state index < -0.39 is 11.7 Å². The Hall–Kier alpha value is -2.11. The summed E-state index contributed by atoms with van der Waals surface area (Å²) in [4.78, 5) is 2.27. The zero-order valence-electron chi connectivity index (χ0n) is 18.1. The van der Waals surface area contributed by atoms with Crippen LogP contribution in [-0.2, 0) is 6.42 Å². The zero-order chi connectivity index (χ0) is 22.0. The van der Waals surface area contributed by atoms with Crippen LogP contribution >= 0.6 is 11.6 Å². The third kappa shape index (κ3) is 4.73. The molecule has 0 aliphatic carbocycles. The molecule has 0 saturated carbocycles. The highest BCUT2D eigenvalue weighted by Crippen LogP contribution is 2.35. The number of hydrogen-bond donors (Lipinski definition) is 2. The molecule has 0 unspecified atom stereocenters. The van der Waals surface area contributed by atoms with Crippen molar-refractivity contribution in [1.82, 2.24) is 4.90 Å². The van der Waals surface area contributed by atoms with Gasteiger partial charge in [-0.2, -0.15) is 0 Å². The molecule has 4 rings (SSSR count). The van der Waals surface area contributed by atoms with Gasteiger partial charge in [-0.1, -0.05) is 60.1 Å². The maximum Gasteiger partial charge on any atom is 0.138 e. The number of halogens is 1. The summed E-state index contributed by atoms with van der Waals surface area (Å²) >= 11 is 6.42. The van der Waals surface area contributed by atoms with Crippen molar-refractivity contribution < 1.29 is 14.9 Å². The fourth-order valence-electron chi connectivity index (χ4n) is 4.61. The van der Waals surface area contributed by atoms with Crippen LogP contribution in [0.3, 0.4) is 0 Å². The van der Waals surface area contributed by atoms with Crippen molar-refractivity contribution in [1.29, 1.82) is 0 Å². The number of piperidine rings is 1. The van der Waals surface area contributed by atoms with E-state index in [1.807, 2.05) is 48.5 Å². The normalized spacial score (nSPS) is 18.6. The molecule has 164 valence electrons. The molecule has 2 N–H and O–H groups in total. The monoisotopic (exact) mass is 439 g/mol. The summed E-state index contributed by atoms with van der Waals surface area (Å²) in [6.45, 7) is 3.58. The van der Waals surface area contributed by atoms with Gasteiger partial charge in [-0.15, -0.1) is 0 Å². The van der Waals surface area contributed by atoms with Crippen LogP contribution in [0.2, 0.25) is 5.02 Å². The molecule has 2 atom stereocenters. The summed E-state index contributed by atoms with van der Waals surface area (Å²) in [5, 5.41) is 24.6. The lowest BCUT2D eigenvalue weighted by molar-refractivity contribution is -0.0456. The van der Waals surface area contributed by atoms with Crippen LogP contribution in [-0.4, -0.2) is 47.0 Å². The molecule has 0 amide bonds. The Kier molecular flexibility index (Phi) is 6.54. The highest BCUT2D eigenvalue weighted by molar-refractivity contribution is 6.37. The number of hydrogen-bond acceptors (Lipinski definition) is 4. The first-order chi connectivity index (χ1) is 14.9. The third-order valence-corrected chi connectivity index (χ3v) is 7.03. The summed E-state index contributed by atoms with van der Waals surface area (Å²) in [6.07, 6.45) is 1.46. The average Bonchev–Trinajstić information content (AvgIpc) is 2.79. The van der Waals surface area contributed by atoms with Gasteiger partial charge in [-0.25, -0.2) is 0 Å². The lowest BCUT2D eigenvalue weighted by Gasteiger charge is -2.42. The molecule has 0 bridgehead atoms. The van der Waals surface area contributed by atoms with Crippen LogP contribution in [0.4, 0.5) is 0 Å². The number of likely N-dealkylation sites (tertiary alicyclic amines) is 1. The Bertz CT molecular complexity index is 1030. The summed E-state index contributed by atoms with van der Waals surface area (Å²) in [5.74, 6) is 0.645. The van der Waals surface area contributed by atoms with E-state index in [-0.39, 0.29) is 6.04 Å². The first kappa shape index (κ1) is 22.1. The van der Waals surface area contributed by atoms with Gasteiger partial charge in [0.05, 0.1) is 23.8 Å². The van der Waals surface area contributed by atoms with Gasteiger partial charge in [0.1, 0.15) is 5.75 Å². The highest BCUT2D eigenvalue weighted by atomic mass is 35.5. The van der Waals surface area contributed by atoms with Gasteiger partial charge in [0.25, 0.3) is 0 Å². The molecule has 1 saturated heterocycles. The van der Waals surface area contributed by atoms with Crippen LogP contribution in [0.15, 0.2) is 60.7 Å². The van der Waals surface area contributed by atoms with E-state index in [0.29, 0.717) is 30.0 Å². The van der Waals surface area contributed by atoms with Gasteiger partial charge in [0, 0.05) is 30.9 Å². The number of aliphatic hydroxyl groups is 2. The fraction of sp³-hybridized carbons (Fsp3) is 0.385. The Balaban J connectivity index is 1.43. The predicted octanol–water partition coefficient (Wildman–Crippen LogP) is 4.99. The van der Waals surface area contributed by atoms with Crippen molar-refractivity contribution in [2.75, 3.05) is 20.2 Å². The second-order valence-electron chi connectivity index (χ2n) is 8.67. The number of nitrogens with zero attached hydrogens (tertiary/aromatic N) is 1. The molecule has 3 aromatic rings. The molecule has 1 heterocycles. The number of fused-ring (bicyclic) bond motifs is 1. The van der Waals surface area contributed by atoms with Gasteiger partial charge >= 0.3 is 0 Å². The van der Waals surface area contributed by atoms with Crippen molar-refractivity contribution >= 4 is 22.4 Å². The molecule has 4 nitrogen and oxygen atoms in total. The first-order valence-corrected chi connectivity index (χ1v) is 11.2. The lowest BCUT2D eigenvalue weighted by Crippen LogP contribution is -2.49. The molecule has 3 aromatic carbocycles. The maximum absolute atomic E-state index is 11.1. The minimum atomic E-state index is -0.679. The van der Waals surface area contributed by atoms with Crippen LogP contribution in [0.1, 0.15) is 37.0 Å². The van der Waals surface area contributed by atoms with Crippen molar-refractivity contribution in [3.8, 4) is 5.75 Å². The van der Waals surface area contributed by atoms with E-state index in [1.165, 1.54) is 0 Å². The molecule has 1 aliphatic rings. The van der Waals surface area contributed by atoms with Gasteiger partial charge in [0.15, 0.2) is 0 Å². The Morgan fingerprint density at radius 2 is 1.77 bits per heavy atom. The van der Waals surface area contributed by atoms with Gasteiger partial charge in [-0.05, 0) is 48.4 Å². The molecule has 0 spiro atoms. The summed E-state index contributed by atoms with van der Waals surface area (Å²) in [7, 11) is 1.60. The Morgan fingerprint density at radius 1 is 1.06 bits per heavy atom. The van der Waals surface area contributed by atoms with Crippen LogP contribution < -0.4 is 4.74 Å². The fourth-order valence-corrected chi connectivity index (χ4v) is 4.92.